The second-order valence-corrected chi connectivity index (χ2v) is 27.4. The lowest BCUT2D eigenvalue weighted by Gasteiger charge is -2.47. The standard InChI is InChI=1S/C41H13F70O4PS2/c42-8(43,10(46,47)12(50,51)14(54,55)16(58,59)18(62,63)20(66,67)22(70,71)24(74,75)26(78,79)28(82,83)30(86,87)32(90,91)34(94,95)36(98,99)38(102,103)40(106,107)108)1-3-117-7(5-114-116(112,113)115-6-7)118-4-2-9(44,45)11(48,49)13(52,53)15(56,57)17(60,61)19(64,65)21(68,69)23(72,73)25(76,77)27(80,81)29(84,85)31(88,89)33(92,93)35(96,97)37(100,101)39(104,105)41(109,110)111/h1-6H2,(H,112,113). The smallest absolute Gasteiger partial charge is 0.302 e. The van der Waals surface area contributed by atoms with Gasteiger partial charge in [-0.3, -0.25) is 9.05 Å². The van der Waals surface area contributed by atoms with Gasteiger partial charge >= 0.3 is 210 Å². The molecule has 0 radical (unpaired) electrons. The summed E-state index contributed by atoms with van der Waals surface area (Å²) < 4.78 is 998. The first-order chi connectivity index (χ1) is 49.8. The highest BCUT2D eigenvalue weighted by Gasteiger charge is 3.06. The Morgan fingerprint density at radius 1 is 0.195 bits per heavy atom. The monoisotopic (exact) mass is 1990 g/mol. The number of hydrogen-bond donors (Lipinski definition) is 1. The summed E-state index contributed by atoms with van der Waals surface area (Å²) in [5.41, 5.74) is 0. The number of rotatable bonds is 38. The van der Waals surface area contributed by atoms with Crippen molar-refractivity contribution in [1.82, 2.24) is 0 Å². The Kier molecular flexibility index (Phi) is 27.2. The van der Waals surface area contributed by atoms with Gasteiger partial charge in [0.05, 0.1) is 13.2 Å². The average molecular weight is 1990 g/mol. The zero-order valence-electron chi connectivity index (χ0n) is 51.1. The number of phosphoric ester groups is 1. The van der Waals surface area contributed by atoms with E-state index < -0.39 is 275 Å². The van der Waals surface area contributed by atoms with E-state index in [1.807, 2.05) is 0 Å². The van der Waals surface area contributed by atoms with Crippen molar-refractivity contribution in [1.29, 1.82) is 0 Å². The summed E-state index contributed by atoms with van der Waals surface area (Å²) in [5, 5.41) is 0. The van der Waals surface area contributed by atoms with Crippen LogP contribution in [0.4, 0.5) is 307 Å². The van der Waals surface area contributed by atoms with Crippen LogP contribution in [0, 0.1) is 0 Å². The molecule has 0 amide bonds. The lowest BCUT2D eigenvalue weighted by Crippen LogP contribution is -2.80. The molecule has 1 aliphatic heterocycles. The van der Waals surface area contributed by atoms with Gasteiger partial charge in [-0.15, -0.1) is 23.5 Å². The molecule has 1 aliphatic rings. The van der Waals surface area contributed by atoms with Crippen LogP contribution < -0.4 is 0 Å². The minimum Gasteiger partial charge on any atom is -0.302 e. The first-order valence-electron chi connectivity index (χ1n) is 26.0. The molecule has 0 aliphatic carbocycles. The largest absolute Gasteiger partial charge is 0.472 e. The molecule has 0 spiro atoms. The summed E-state index contributed by atoms with van der Waals surface area (Å²) in [5.74, 6) is -330. The molecule has 708 valence electrons. The molecule has 0 aromatic carbocycles. The van der Waals surface area contributed by atoms with Gasteiger partial charge in [-0.2, -0.15) is 307 Å². The van der Waals surface area contributed by atoms with Gasteiger partial charge in [0.2, 0.25) is 0 Å². The first-order valence-corrected chi connectivity index (χ1v) is 29.4. The SMILES string of the molecule is O=P1(O)OCC(SCCC(F)(F)C(F)(F)C(F)(F)C(F)(F)C(F)(F)C(F)(F)C(F)(F)C(F)(F)C(F)(F)C(F)(F)C(F)(F)C(F)(F)C(F)(F)C(F)(F)C(F)(F)C(F)(F)C(F)(F)F)(SCCC(F)(F)C(F)(F)C(F)(F)C(F)(F)C(F)(F)C(F)(F)C(F)(F)C(F)(F)C(F)(F)C(F)(F)C(F)(F)C(F)(F)C(F)(F)C(F)(F)C(F)(F)C(F)(F)C(F)(F)F)CO1. The summed E-state index contributed by atoms with van der Waals surface area (Å²) in [6.45, 7) is -5.05. The van der Waals surface area contributed by atoms with Crippen LogP contribution in [0.2, 0.25) is 0 Å². The Morgan fingerprint density at radius 2 is 0.297 bits per heavy atom. The van der Waals surface area contributed by atoms with E-state index in [-0.39, 0.29) is 0 Å². The van der Waals surface area contributed by atoms with E-state index in [0.29, 0.717) is 0 Å². The fraction of sp³-hybridized carbons (Fsp3) is 1.00. The summed E-state index contributed by atoms with van der Waals surface area (Å²) in [4.78, 5) is 9.25. The van der Waals surface area contributed by atoms with Crippen LogP contribution >= 0.6 is 31.3 Å². The molecule has 0 saturated carbocycles. The highest BCUT2D eigenvalue weighted by Crippen LogP contribution is 2.75. The lowest BCUT2D eigenvalue weighted by molar-refractivity contribution is -0.492. The van der Waals surface area contributed by atoms with Gasteiger partial charge in [-0.05, 0) is 0 Å². The maximum atomic E-state index is 14.8. The quantitative estimate of drug-likeness (QED) is 0.0378. The predicted molar refractivity (Wildman–Crippen MR) is 229 cm³/mol. The van der Waals surface area contributed by atoms with Crippen LogP contribution in [0.3, 0.4) is 0 Å². The molecule has 0 aromatic rings. The van der Waals surface area contributed by atoms with Gasteiger partial charge in [0.1, 0.15) is 4.08 Å². The van der Waals surface area contributed by atoms with Crippen molar-refractivity contribution in [3.8, 4) is 0 Å². The van der Waals surface area contributed by atoms with E-state index in [0.717, 1.165) is 0 Å². The minimum atomic E-state index is -10.8. The van der Waals surface area contributed by atoms with E-state index in [1.165, 1.54) is 0 Å². The van der Waals surface area contributed by atoms with Crippen molar-refractivity contribution in [2.45, 2.75) is 219 Å². The molecular formula is C41H13F70O4PS2. The summed E-state index contributed by atoms with van der Waals surface area (Å²) in [6.07, 6.45) is -25.6. The predicted octanol–water partition coefficient (Wildman–Crippen LogP) is 24.5. The summed E-state index contributed by atoms with van der Waals surface area (Å²) >= 11 is -3.10. The van der Waals surface area contributed by atoms with Crippen molar-refractivity contribution in [3.63, 3.8) is 0 Å². The van der Waals surface area contributed by atoms with Crippen molar-refractivity contribution in [3.05, 3.63) is 0 Å². The third kappa shape index (κ3) is 14.0. The van der Waals surface area contributed by atoms with Gasteiger partial charge < -0.3 is 4.89 Å². The molecule has 1 saturated heterocycles. The molecular weight excluding hydrogens is 1980 g/mol. The Balaban J connectivity index is 3.98. The Labute approximate surface area is 601 Å². The van der Waals surface area contributed by atoms with Crippen LogP contribution in [0.15, 0.2) is 0 Å². The number of phosphoric acid groups is 1. The van der Waals surface area contributed by atoms with Crippen LogP contribution in [-0.4, -0.2) is 236 Å². The minimum absolute atomic E-state index is 1.55. The highest BCUT2D eigenvalue weighted by molar-refractivity contribution is 8.18. The van der Waals surface area contributed by atoms with Crippen LogP contribution in [0.1, 0.15) is 12.8 Å². The number of halogens is 70. The van der Waals surface area contributed by atoms with Crippen molar-refractivity contribution in [2.24, 2.45) is 0 Å². The topological polar surface area (TPSA) is 55.8 Å². The molecule has 0 unspecified atom stereocenters. The third-order valence-corrected chi connectivity index (χ3v) is 19.1. The van der Waals surface area contributed by atoms with Crippen LogP contribution in [0.25, 0.3) is 0 Å². The Bertz CT molecular complexity index is 3380. The first kappa shape index (κ1) is 112. The van der Waals surface area contributed by atoms with E-state index in [2.05, 4.69) is 9.05 Å². The second-order valence-electron chi connectivity index (χ2n) is 22.8. The van der Waals surface area contributed by atoms with E-state index in [4.69, 9.17) is 0 Å². The van der Waals surface area contributed by atoms with Gasteiger partial charge in [0.25, 0.3) is 0 Å². The highest BCUT2D eigenvalue weighted by atomic mass is 32.2. The van der Waals surface area contributed by atoms with E-state index in [1.54, 1.807) is 0 Å². The maximum Gasteiger partial charge on any atom is 0.472 e. The molecule has 1 N–H and O–H groups in total. The Hall–Kier alpha value is -4.09. The summed E-state index contributed by atoms with van der Waals surface area (Å²) in [6, 6.07) is 0. The molecule has 118 heavy (non-hydrogen) atoms. The number of hydrogen-bond acceptors (Lipinski definition) is 5. The Morgan fingerprint density at radius 3 is 0.407 bits per heavy atom. The van der Waals surface area contributed by atoms with Gasteiger partial charge in [-0.25, -0.2) is 4.57 Å². The number of thioether (sulfide) groups is 2. The van der Waals surface area contributed by atoms with Gasteiger partial charge in [-0.1, -0.05) is 0 Å². The zero-order valence-corrected chi connectivity index (χ0v) is 53.7. The van der Waals surface area contributed by atoms with Crippen LogP contribution in [0.5, 0.6) is 0 Å². The summed E-state index contributed by atoms with van der Waals surface area (Å²) in [7, 11) is -6.08. The van der Waals surface area contributed by atoms with E-state index in [9.17, 15) is 317 Å². The van der Waals surface area contributed by atoms with Gasteiger partial charge in [0.15, 0.2) is 0 Å². The molecule has 1 rings (SSSR count). The van der Waals surface area contributed by atoms with E-state index >= 15 is 0 Å². The average Bonchev–Trinajstić information content (AvgIpc) is 0.677. The fourth-order valence-corrected chi connectivity index (χ4v) is 11.7. The fourth-order valence-electron chi connectivity index (χ4n) is 7.63. The molecule has 1 heterocycles. The number of alkyl halides is 70. The lowest BCUT2D eigenvalue weighted by atomic mass is 9.82. The second kappa shape index (κ2) is 28.7. The third-order valence-electron chi connectivity index (χ3n) is 15.1. The van der Waals surface area contributed by atoms with Crippen molar-refractivity contribution < 1.29 is 326 Å². The maximum absolute atomic E-state index is 14.8. The molecule has 1 fully saturated rings. The molecule has 0 bridgehead atoms. The molecule has 4 nitrogen and oxygen atoms in total. The molecule has 77 heteroatoms. The van der Waals surface area contributed by atoms with Crippen LogP contribution in [-0.2, 0) is 13.6 Å². The zero-order chi connectivity index (χ0) is 97.1. The normalized spacial score (nSPS) is 18.7. The van der Waals surface area contributed by atoms with Gasteiger partial charge in [0, 0.05) is 24.3 Å². The van der Waals surface area contributed by atoms with Crippen molar-refractivity contribution >= 4 is 31.3 Å². The molecule has 0 aromatic heterocycles. The molecule has 0 atom stereocenters. The van der Waals surface area contributed by atoms with Crippen molar-refractivity contribution in [2.75, 3.05) is 24.7 Å².